The lowest BCUT2D eigenvalue weighted by molar-refractivity contribution is -0.145. The molecule has 0 aliphatic carbocycles. The van der Waals surface area contributed by atoms with Gasteiger partial charge in [0.2, 0.25) is 5.91 Å². The summed E-state index contributed by atoms with van der Waals surface area (Å²) in [6, 6.07) is 19.2. The summed E-state index contributed by atoms with van der Waals surface area (Å²) in [5.41, 5.74) is 2.89. The molecule has 1 N–H and O–H groups in total. The molecule has 1 amide bonds. The Morgan fingerprint density at radius 2 is 1.85 bits per heavy atom. The topological polar surface area (TPSA) is 69.0 Å². The lowest BCUT2D eigenvalue weighted by Gasteiger charge is -2.17. The van der Waals surface area contributed by atoms with Crippen LogP contribution in [0.1, 0.15) is 36.8 Å². The van der Waals surface area contributed by atoms with Crippen LogP contribution in [0.5, 0.6) is 0 Å². The second-order valence-electron chi connectivity index (χ2n) is 7.80. The molecule has 6 nitrogen and oxygen atoms in total. The van der Waals surface area contributed by atoms with E-state index in [1.165, 1.54) is 0 Å². The third-order valence-corrected chi connectivity index (χ3v) is 5.54. The molecule has 0 bridgehead atoms. The summed E-state index contributed by atoms with van der Waals surface area (Å²) in [5.74, 6) is -0.801. The largest absolute Gasteiger partial charge is 0.463 e. The number of ether oxygens (including phenoxy) is 2. The summed E-state index contributed by atoms with van der Waals surface area (Å²) in [4.78, 5) is 28.5. The second kappa shape index (κ2) is 11.8. The second-order valence-corrected chi connectivity index (χ2v) is 7.80. The molecule has 170 valence electrons. The summed E-state index contributed by atoms with van der Waals surface area (Å²) < 4.78 is 9.97. The maximum atomic E-state index is 13.2. The minimum Gasteiger partial charge on any atom is -0.463 e. The van der Waals surface area contributed by atoms with Gasteiger partial charge >= 0.3 is 5.97 Å². The van der Waals surface area contributed by atoms with Crippen molar-refractivity contribution in [3.63, 3.8) is 0 Å². The number of nitrogens with one attached hydrogen (secondary N) is 1. The Hall–Kier alpha value is -3.69. The molecule has 0 heterocycles. The summed E-state index contributed by atoms with van der Waals surface area (Å²) in [7, 11) is 1.55. The number of hydrogen-bond acceptors (Lipinski definition) is 4. The van der Waals surface area contributed by atoms with Gasteiger partial charge < -0.3 is 14.8 Å². The van der Waals surface area contributed by atoms with E-state index >= 15 is 0 Å². The highest BCUT2D eigenvalue weighted by Crippen LogP contribution is 2.29. The maximum absolute atomic E-state index is 13.2. The molecular formula is C27H28N2O4. The highest BCUT2D eigenvalue weighted by atomic mass is 16.6. The number of anilines is 1. The summed E-state index contributed by atoms with van der Waals surface area (Å²) in [6.07, 6.45) is 1.43. The molecule has 33 heavy (non-hydrogen) atoms. The Labute approximate surface area is 194 Å². The number of amides is 1. The first-order valence-corrected chi connectivity index (χ1v) is 11.0. The lowest BCUT2D eigenvalue weighted by atomic mass is 9.94. The van der Waals surface area contributed by atoms with Crippen LogP contribution in [-0.2, 0) is 25.5 Å². The van der Waals surface area contributed by atoms with Crippen molar-refractivity contribution >= 4 is 34.0 Å². The van der Waals surface area contributed by atoms with E-state index in [2.05, 4.69) is 10.2 Å². The average Bonchev–Trinajstić information content (AvgIpc) is 2.84. The molecule has 1 unspecified atom stereocenters. The molecule has 0 aliphatic heterocycles. The van der Waals surface area contributed by atoms with Crippen LogP contribution in [0.15, 0.2) is 60.7 Å². The van der Waals surface area contributed by atoms with E-state index in [1.54, 1.807) is 19.2 Å². The zero-order valence-electron chi connectivity index (χ0n) is 19.0. The van der Waals surface area contributed by atoms with E-state index in [0.29, 0.717) is 30.8 Å². The van der Waals surface area contributed by atoms with Gasteiger partial charge in [0.25, 0.3) is 0 Å². The number of rotatable bonds is 10. The van der Waals surface area contributed by atoms with Gasteiger partial charge in [-0.15, -0.1) is 0 Å². The predicted molar refractivity (Wildman–Crippen MR) is 129 cm³/mol. The number of hydrogen-bond donors (Lipinski definition) is 1. The van der Waals surface area contributed by atoms with Crippen LogP contribution >= 0.6 is 0 Å². The van der Waals surface area contributed by atoms with Crippen molar-refractivity contribution in [1.82, 2.24) is 0 Å². The van der Waals surface area contributed by atoms with Gasteiger partial charge in [-0.1, -0.05) is 54.6 Å². The van der Waals surface area contributed by atoms with Crippen molar-refractivity contribution in [1.29, 1.82) is 0 Å². The first-order chi connectivity index (χ1) is 16.0. The van der Waals surface area contributed by atoms with E-state index in [1.807, 2.05) is 55.5 Å². The van der Waals surface area contributed by atoms with Gasteiger partial charge in [0.15, 0.2) is 5.69 Å². The highest BCUT2D eigenvalue weighted by Gasteiger charge is 2.19. The van der Waals surface area contributed by atoms with Crippen LogP contribution in [-0.4, -0.2) is 32.2 Å². The Morgan fingerprint density at radius 3 is 2.64 bits per heavy atom. The number of carbonyl (C=O) groups excluding carboxylic acids is 2. The normalized spacial score (nSPS) is 11.5. The molecule has 0 saturated heterocycles. The minimum atomic E-state index is -0.378. The Kier molecular flexibility index (Phi) is 8.56. The van der Waals surface area contributed by atoms with Gasteiger partial charge in [-0.2, -0.15) is 0 Å². The van der Waals surface area contributed by atoms with Crippen LogP contribution < -0.4 is 5.32 Å². The highest BCUT2D eigenvalue weighted by molar-refractivity contribution is 6.00. The molecule has 3 rings (SSSR count). The summed E-state index contributed by atoms with van der Waals surface area (Å²) >= 11 is 0. The monoisotopic (exact) mass is 444 g/mol. The summed E-state index contributed by atoms with van der Waals surface area (Å²) in [6.45, 7) is 9.81. The van der Waals surface area contributed by atoms with Gasteiger partial charge in [-0.3, -0.25) is 9.59 Å². The third-order valence-electron chi connectivity index (χ3n) is 5.54. The number of esters is 1. The zero-order valence-corrected chi connectivity index (χ0v) is 19.0. The molecule has 6 heteroatoms. The van der Waals surface area contributed by atoms with Crippen LogP contribution in [0.4, 0.5) is 11.4 Å². The number of fused-ring (bicyclic) bond motifs is 1. The number of aryl methyl sites for hydroxylation is 1. The number of methoxy groups -OCH3 is 1. The van der Waals surface area contributed by atoms with Crippen molar-refractivity contribution in [2.45, 2.75) is 32.1 Å². The van der Waals surface area contributed by atoms with Crippen molar-refractivity contribution in [2.75, 3.05) is 25.6 Å². The number of nitrogens with zero attached hydrogens (tertiary/aromatic N) is 1. The zero-order chi connectivity index (χ0) is 23.6. The standard InChI is InChI=1S/C27H28N2O4/c1-19(23-12-6-9-20-8-4-5-11-24(20)23)27(31)29-25-18-22(28-2)15-14-21(25)10-7-13-26(30)33-17-16-32-3/h4-6,8-9,11-12,14-15,18-19H,7,10,13,16-17H2,1,3H3,(H,29,31). The van der Waals surface area contributed by atoms with Gasteiger partial charge in [-0.05, 0) is 47.7 Å². The van der Waals surface area contributed by atoms with Crippen LogP contribution in [0.25, 0.3) is 15.6 Å². The predicted octanol–water partition coefficient (Wildman–Crippen LogP) is 5.65. The molecule has 1 atom stereocenters. The van der Waals surface area contributed by atoms with Crippen LogP contribution in [0.3, 0.4) is 0 Å². The van der Waals surface area contributed by atoms with Crippen molar-refractivity contribution in [3.8, 4) is 0 Å². The average molecular weight is 445 g/mol. The maximum Gasteiger partial charge on any atom is 0.305 e. The van der Waals surface area contributed by atoms with Crippen molar-refractivity contribution < 1.29 is 19.1 Å². The van der Waals surface area contributed by atoms with Gasteiger partial charge in [-0.25, -0.2) is 4.85 Å². The fourth-order valence-corrected chi connectivity index (χ4v) is 3.71. The van der Waals surface area contributed by atoms with Gasteiger partial charge in [0, 0.05) is 19.2 Å². The quantitative estimate of drug-likeness (QED) is 0.249. The van der Waals surface area contributed by atoms with E-state index < -0.39 is 0 Å². The van der Waals surface area contributed by atoms with E-state index in [9.17, 15) is 9.59 Å². The molecule has 0 aliphatic rings. The lowest BCUT2D eigenvalue weighted by Crippen LogP contribution is -2.20. The van der Waals surface area contributed by atoms with Crippen LogP contribution in [0.2, 0.25) is 0 Å². The van der Waals surface area contributed by atoms with Crippen LogP contribution in [0, 0.1) is 6.57 Å². The number of carbonyl (C=O) groups is 2. The molecular weight excluding hydrogens is 416 g/mol. The Balaban J connectivity index is 1.71. The van der Waals surface area contributed by atoms with Gasteiger partial charge in [0.1, 0.15) is 6.61 Å². The molecule has 0 aromatic heterocycles. The first kappa shape index (κ1) is 24.0. The van der Waals surface area contributed by atoms with Crippen molar-refractivity contribution in [3.05, 3.63) is 83.2 Å². The van der Waals surface area contributed by atoms with Gasteiger partial charge in [0.05, 0.1) is 19.1 Å². The first-order valence-electron chi connectivity index (χ1n) is 11.0. The van der Waals surface area contributed by atoms with E-state index in [0.717, 1.165) is 21.9 Å². The van der Waals surface area contributed by atoms with E-state index in [-0.39, 0.29) is 30.8 Å². The fraction of sp³-hybridized carbons (Fsp3) is 0.296. The number of benzene rings is 3. The summed E-state index contributed by atoms with van der Waals surface area (Å²) in [5, 5.41) is 5.15. The molecule has 0 fully saturated rings. The van der Waals surface area contributed by atoms with E-state index in [4.69, 9.17) is 16.0 Å². The fourth-order valence-electron chi connectivity index (χ4n) is 3.71. The molecule has 0 spiro atoms. The third kappa shape index (κ3) is 6.41. The Morgan fingerprint density at radius 1 is 1.06 bits per heavy atom. The minimum absolute atomic E-state index is 0.145. The Bertz CT molecular complexity index is 1160. The molecule has 0 radical (unpaired) electrons. The smallest absolute Gasteiger partial charge is 0.305 e. The van der Waals surface area contributed by atoms with Crippen molar-refractivity contribution in [2.24, 2.45) is 0 Å². The molecule has 0 saturated carbocycles. The SMILES string of the molecule is [C-]#[N+]c1ccc(CCCC(=O)OCCOC)c(NC(=O)C(C)c2cccc3ccccc23)c1. The molecule has 3 aromatic rings. The molecule has 3 aromatic carbocycles.